The number of aryl methyl sites for hydroxylation is 1. The maximum Gasteiger partial charge on any atom is 0.339 e. The number of benzene rings is 3. The number of carbonyl (C=O) groups is 1. The number of halogens is 1. The first-order valence-corrected chi connectivity index (χ1v) is 13.4. The first-order chi connectivity index (χ1) is 18.5. The number of hydrogen-bond donors (Lipinski definition) is 1. The number of anilines is 1. The van der Waals surface area contributed by atoms with Gasteiger partial charge in [-0.05, 0) is 77.8 Å². The molecule has 3 rings (SSSR count). The van der Waals surface area contributed by atoms with Gasteiger partial charge in [-0.2, -0.15) is 13.7 Å². The molecule has 0 aromatic heterocycles. The lowest BCUT2D eigenvalue weighted by atomic mass is 10.1. The molecule has 0 aliphatic carbocycles. The molecule has 0 radical (unpaired) electrons. The van der Waals surface area contributed by atoms with Crippen molar-refractivity contribution in [2.75, 3.05) is 19.0 Å². The molecule has 0 unspecified atom stereocenters. The molecule has 202 valence electrons. The summed E-state index contributed by atoms with van der Waals surface area (Å²) >= 11 is 3.28. The van der Waals surface area contributed by atoms with Crippen LogP contribution in [0.4, 0.5) is 11.4 Å². The van der Waals surface area contributed by atoms with Crippen LogP contribution in [0.2, 0.25) is 0 Å². The summed E-state index contributed by atoms with van der Waals surface area (Å²) in [5.41, 5.74) is 0.239. The monoisotopic (exact) mass is 615 g/mol. The molecule has 13 heteroatoms. The molecule has 39 heavy (non-hydrogen) atoms. The number of nitro benzene ring substituents is 1. The van der Waals surface area contributed by atoms with Crippen LogP contribution in [-0.2, 0) is 14.9 Å². The van der Waals surface area contributed by atoms with Gasteiger partial charge in [0.1, 0.15) is 28.0 Å². The predicted molar refractivity (Wildman–Crippen MR) is 146 cm³/mol. The van der Waals surface area contributed by atoms with Crippen LogP contribution < -0.4 is 19.0 Å². The first-order valence-electron chi connectivity index (χ1n) is 11.2. The number of nitrogens with one attached hydrogen (secondary N) is 1. The van der Waals surface area contributed by atoms with Crippen LogP contribution in [0.5, 0.6) is 17.2 Å². The highest BCUT2D eigenvalue weighted by Crippen LogP contribution is 2.39. The summed E-state index contributed by atoms with van der Waals surface area (Å²) in [4.78, 5) is 23.5. The number of rotatable bonds is 10. The predicted octanol–water partition coefficient (Wildman–Crippen LogP) is 5.39. The summed E-state index contributed by atoms with van der Waals surface area (Å²) in [5, 5.41) is 23.4. The van der Waals surface area contributed by atoms with Crippen LogP contribution in [0.3, 0.4) is 0 Å². The standard InChI is InChI=1S/C26H22BrN3O8S/c1-4-37-24-13-17(12-21(27)25(24)38-39(34,35)20-8-5-16(2)6-9-20)11-18(15-28)26(31)29-22-10-7-19(36-3)14-23(22)30(32)33/h5-14H,4H2,1-3H3,(H,29,31)/b18-11+. The summed E-state index contributed by atoms with van der Waals surface area (Å²) in [5.74, 6) is -0.762. The number of hydrogen-bond acceptors (Lipinski definition) is 9. The highest BCUT2D eigenvalue weighted by Gasteiger charge is 2.23. The van der Waals surface area contributed by atoms with Crippen molar-refractivity contribution in [2.24, 2.45) is 0 Å². The molecular weight excluding hydrogens is 594 g/mol. The number of nitriles is 1. The van der Waals surface area contributed by atoms with Gasteiger partial charge >= 0.3 is 10.1 Å². The lowest BCUT2D eigenvalue weighted by Gasteiger charge is -2.15. The van der Waals surface area contributed by atoms with Gasteiger partial charge in [0.2, 0.25) is 0 Å². The number of nitrogens with zero attached hydrogens (tertiary/aromatic N) is 2. The minimum absolute atomic E-state index is 0.0392. The molecular formula is C26H22BrN3O8S. The van der Waals surface area contributed by atoms with Crippen molar-refractivity contribution in [3.63, 3.8) is 0 Å². The molecule has 0 atom stereocenters. The van der Waals surface area contributed by atoms with Crippen LogP contribution >= 0.6 is 15.9 Å². The number of methoxy groups -OCH3 is 1. The second-order valence-corrected chi connectivity index (χ2v) is 10.3. The van der Waals surface area contributed by atoms with E-state index in [9.17, 15) is 28.6 Å². The van der Waals surface area contributed by atoms with Gasteiger partial charge in [-0.25, -0.2) is 0 Å². The Morgan fingerprint density at radius 1 is 1.18 bits per heavy atom. The van der Waals surface area contributed by atoms with Crippen molar-refractivity contribution >= 4 is 49.4 Å². The number of ether oxygens (including phenoxy) is 2. The van der Waals surface area contributed by atoms with E-state index < -0.39 is 26.6 Å². The van der Waals surface area contributed by atoms with Crippen molar-refractivity contribution in [1.82, 2.24) is 0 Å². The smallest absolute Gasteiger partial charge is 0.339 e. The Kier molecular flexibility index (Phi) is 9.29. The third-order valence-electron chi connectivity index (χ3n) is 5.16. The Balaban J connectivity index is 1.95. The molecule has 0 bridgehead atoms. The van der Waals surface area contributed by atoms with Gasteiger partial charge in [0.25, 0.3) is 11.6 Å². The third kappa shape index (κ3) is 7.13. The fraction of sp³-hybridized carbons (Fsp3) is 0.154. The minimum atomic E-state index is -4.20. The van der Waals surface area contributed by atoms with Gasteiger partial charge in [-0.1, -0.05) is 17.7 Å². The topological polar surface area (TPSA) is 158 Å². The third-order valence-corrected chi connectivity index (χ3v) is 6.98. The van der Waals surface area contributed by atoms with Gasteiger partial charge < -0.3 is 19.0 Å². The molecule has 0 saturated carbocycles. The van der Waals surface area contributed by atoms with E-state index in [-0.39, 0.29) is 44.5 Å². The Morgan fingerprint density at radius 3 is 2.46 bits per heavy atom. The lowest BCUT2D eigenvalue weighted by molar-refractivity contribution is -0.384. The van der Waals surface area contributed by atoms with Crippen molar-refractivity contribution in [1.29, 1.82) is 5.26 Å². The van der Waals surface area contributed by atoms with Crippen molar-refractivity contribution in [2.45, 2.75) is 18.7 Å². The van der Waals surface area contributed by atoms with E-state index in [0.717, 1.165) is 11.6 Å². The highest BCUT2D eigenvalue weighted by molar-refractivity contribution is 9.10. The molecule has 0 aliphatic heterocycles. The molecule has 1 N–H and O–H groups in total. The summed E-state index contributed by atoms with van der Waals surface area (Å²) < 4.78 is 41.8. The van der Waals surface area contributed by atoms with Crippen molar-refractivity contribution in [3.8, 4) is 23.3 Å². The maximum atomic E-state index is 12.8. The SMILES string of the molecule is CCOc1cc(/C=C(\C#N)C(=O)Nc2ccc(OC)cc2[N+](=O)[O-])cc(Br)c1OS(=O)(=O)c1ccc(C)cc1. The molecule has 0 spiro atoms. The molecule has 0 aliphatic rings. The number of amides is 1. The fourth-order valence-electron chi connectivity index (χ4n) is 3.28. The van der Waals surface area contributed by atoms with Gasteiger partial charge in [0, 0.05) is 0 Å². The van der Waals surface area contributed by atoms with Gasteiger partial charge in [-0.15, -0.1) is 0 Å². The second-order valence-electron chi connectivity index (χ2n) is 7.88. The molecule has 0 saturated heterocycles. The lowest BCUT2D eigenvalue weighted by Crippen LogP contribution is -2.14. The van der Waals surface area contributed by atoms with E-state index in [0.29, 0.717) is 5.56 Å². The quantitative estimate of drug-likeness (QED) is 0.104. The largest absolute Gasteiger partial charge is 0.496 e. The second kappa shape index (κ2) is 12.4. The van der Waals surface area contributed by atoms with E-state index in [1.807, 2.05) is 6.92 Å². The Morgan fingerprint density at radius 2 is 1.87 bits per heavy atom. The number of carbonyl (C=O) groups excluding carboxylic acids is 1. The Labute approximate surface area is 233 Å². The molecule has 0 fully saturated rings. The molecule has 3 aromatic rings. The van der Waals surface area contributed by atoms with E-state index in [2.05, 4.69) is 21.2 Å². The fourth-order valence-corrected chi connectivity index (χ4v) is 4.88. The highest BCUT2D eigenvalue weighted by atomic mass is 79.9. The molecule has 1 amide bonds. The summed E-state index contributed by atoms with van der Waals surface area (Å²) in [6.45, 7) is 3.67. The Hall–Kier alpha value is -4.41. The van der Waals surface area contributed by atoms with Gasteiger partial charge in [0.15, 0.2) is 11.5 Å². The molecule has 11 nitrogen and oxygen atoms in total. The number of nitro groups is 1. The summed E-state index contributed by atoms with van der Waals surface area (Å²) in [6, 6.07) is 14.6. The average molecular weight is 616 g/mol. The Bertz CT molecular complexity index is 1600. The van der Waals surface area contributed by atoms with Gasteiger partial charge in [0.05, 0.1) is 29.2 Å². The normalized spacial score (nSPS) is 11.3. The van der Waals surface area contributed by atoms with Crippen molar-refractivity contribution in [3.05, 3.63) is 85.9 Å². The molecule has 0 heterocycles. The van der Waals surface area contributed by atoms with Gasteiger partial charge in [-0.3, -0.25) is 14.9 Å². The average Bonchev–Trinajstić information content (AvgIpc) is 2.89. The van der Waals surface area contributed by atoms with E-state index in [4.69, 9.17) is 13.7 Å². The summed E-state index contributed by atoms with van der Waals surface area (Å²) in [7, 11) is -2.86. The zero-order chi connectivity index (χ0) is 28.7. The zero-order valence-electron chi connectivity index (χ0n) is 20.9. The van der Waals surface area contributed by atoms with Crippen LogP contribution in [0, 0.1) is 28.4 Å². The maximum absolute atomic E-state index is 12.8. The van der Waals surface area contributed by atoms with Crippen molar-refractivity contribution < 1.29 is 31.8 Å². The first kappa shape index (κ1) is 29.2. The zero-order valence-corrected chi connectivity index (χ0v) is 23.3. The van der Waals surface area contributed by atoms with Crippen LogP contribution in [-0.4, -0.2) is 33.0 Å². The minimum Gasteiger partial charge on any atom is -0.496 e. The summed E-state index contributed by atoms with van der Waals surface area (Å²) in [6.07, 6.45) is 1.22. The van der Waals surface area contributed by atoms with Crippen LogP contribution in [0.15, 0.2) is 69.5 Å². The molecule has 3 aromatic carbocycles. The van der Waals surface area contributed by atoms with E-state index in [1.54, 1.807) is 25.1 Å². The van der Waals surface area contributed by atoms with Crippen LogP contribution in [0.25, 0.3) is 6.08 Å². The van der Waals surface area contributed by atoms with E-state index in [1.165, 1.54) is 49.6 Å². The van der Waals surface area contributed by atoms with E-state index >= 15 is 0 Å². The van der Waals surface area contributed by atoms with Crippen LogP contribution in [0.1, 0.15) is 18.1 Å².